The second-order valence-electron chi connectivity index (χ2n) is 14.1. The van der Waals surface area contributed by atoms with E-state index >= 15 is 0 Å². The average Bonchev–Trinajstić information content (AvgIpc) is 3.33. The van der Waals surface area contributed by atoms with Gasteiger partial charge in [0.2, 0.25) is 0 Å². The van der Waals surface area contributed by atoms with Gasteiger partial charge in [-0.05, 0) is 79.6 Å². The number of nitrogens with zero attached hydrogens (tertiary/aromatic N) is 1. The lowest BCUT2D eigenvalue weighted by atomic mass is 9.78. The summed E-state index contributed by atoms with van der Waals surface area (Å²) in [4.78, 5) is 40.5. The molecule has 0 aromatic carbocycles. The maximum atomic E-state index is 13.7. The van der Waals surface area contributed by atoms with Gasteiger partial charge in [-0.3, -0.25) is 14.4 Å². The van der Waals surface area contributed by atoms with E-state index in [0.717, 1.165) is 5.57 Å². The van der Waals surface area contributed by atoms with Crippen molar-refractivity contribution >= 4 is 17.9 Å². The van der Waals surface area contributed by atoms with Gasteiger partial charge in [0.05, 0.1) is 29.8 Å². The van der Waals surface area contributed by atoms with Crippen molar-refractivity contribution in [3.05, 3.63) is 11.6 Å². The Hall–Kier alpha value is -2.05. The highest BCUT2D eigenvalue weighted by Gasteiger charge is 2.65. The van der Waals surface area contributed by atoms with Gasteiger partial charge < -0.3 is 38.1 Å². The first-order chi connectivity index (χ1) is 20.4. The molecule has 250 valence electrons. The van der Waals surface area contributed by atoms with Crippen LogP contribution in [0.2, 0.25) is 0 Å². The number of cyclic esters (lactones) is 1. The molecule has 11 nitrogen and oxygen atoms in total. The highest BCUT2D eigenvalue weighted by atomic mass is 16.8. The molecule has 13 atom stereocenters. The van der Waals surface area contributed by atoms with Crippen LogP contribution < -0.4 is 0 Å². The minimum atomic E-state index is -1.09. The number of fused-ring (bicyclic) bond motifs is 2. The van der Waals surface area contributed by atoms with E-state index in [1.165, 1.54) is 13.8 Å². The van der Waals surface area contributed by atoms with Crippen LogP contribution in [-0.4, -0.2) is 96.7 Å². The van der Waals surface area contributed by atoms with Crippen LogP contribution in [0.25, 0.3) is 0 Å². The molecule has 3 fully saturated rings. The predicted octanol–water partition coefficient (Wildman–Crippen LogP) is 4.15. The van der Waals surface area contributed by atoms with Crippen molar-refractivity contribution in [2.24, 2.45) is 17.8 Å². The number of ether oxygens (including phenoxy) is 7. The first-order valence-electron chi connectivity index (χ1n) is 16.0. The normalized spacial score (nSPS) is 46.0. The zero-order chi connectivity index (χ0) is 32.9. The van der Waals surface area contributed by atoms with E-state index in [1.807, 2.05) is 66.6 Å². The molecule has 1 spiro atoms. The van der Waals surface area contributed by atoms with E-state index in [4.69, 9.17) is 33.2 Å². The summed E-state index contributed by atoms with van der Waals surface area (Å²) in [5.74, 6) is -4.08. The van der Waals surface area contributed by atoms with Crippen LogP contribution in [0.15, 0.2) is 11.6 Å². The minimum absolute atomic E-state index is 0.104. The predicted molar refractivity (Wildman–Crippen MR) is 160 cm³/mol. The lowest BCUT2D eigenvalue weighted by Gasteiger charge is -2.48. The lowest BCUT2D eigenvalue weighted by molar-refractivity contribution is -0.328. The average molecular weight is 624 g/mol. The molecule has 0 aromatic rings. The van der Waals surface area contributed by atoms with Gasteiger partial charge in [0.25, 0.3) is 0 Å². The fourth-order valence-electron chi connectivity index (χ4n) is 8.06. The number of rotatable bonds is 6. The van der Waals surface area contributed by atoms with Gasteiger partial charge in [-0.15, -0.1) is 0 Å². The lowest BCUT2D eigenvalue weighted by Crippen LogP contribution is -2.60. The van der Waals surface area contributed by atoms with Gasteiger partial charge in [-0.1, -0.05) is 20.8 Å². The molecular formula is C33H53NO10. The Morgan fingerprint density at radius 1 is 1.02 bits per heavy atom. The van der Waals surface area contributed by atoms with Crippen molar-refractivity contribution in [2.75, 3.05) is 14.1 Å². The van der Waals surface area contributed by atoms with Crippen LogP contribution in [0.3, 0.4) is 0 Å². The van der Waals surface area contributed by atoms with Crippen LogP contribution in [0.5, 0.6) is 0 Å². The monoisotopic (exact) mass is 623 g/mol. The van der Waals surface area contributed by atoms with Crippen LogP contribution in [-0.2, 0) is 47.5 Å². The second kappa shape index (κ2) is 12.6. The van der Waals surface area contributed by atoms with Crippen molar-refractivity contribution in [1.29, 1.82) is 0 Å². The van der Waals surface area contributed by atoms with Crippen molar-refractivity contribution in [2.45, 2.75) is 148 Å². The Balaban J connectivity index is 1.85. The Bertz CT molecular complexity index is 1140. The molecule has 0 N–H and O–H groups in total. The minimum Gasteiger partial charge on any atom is -0.461 e. The highest BCUT2D eigenvalue weighted by molar-refractivity contribution is 5.74. The van der Waals surface area contributed by atoms with Gasteiger partial charge in [-0.2, -0.15) is 0 Å². The number of carbonyl (C=O) groups is 3. The fourth-order valence-corrected chi connectivity index (χ4v) is 8.06. The molecular weight excluding hydrogens is 570 g/mol. The van der Waals surface area contributed by atoms with Gasteiger partial charge >= 0.3 is 17.9 Å². The van der Waals surface area contributed by atoms with E-state index in [-0.39, 0.29) is 18.1 Å². The maximum Gasteiger partial charge on any atom is 0.312 e. The quantitative estimate of drug-likeness (QED) is 0.241. The maximum absolute atomic E-state index is 13.7. The smallest absolute Gasteiger partial charge is 0.312 e. The molecule has 0 aliphatic carbocycles. The molecule has 13 unspecified atom stereocenters. The highest BCUT2D eigenvalue weighted by Crippen LogP contribution is 2.56. The van der Waals surface area contributed by atoms with Gasteiger partial charge in [-0.25, -0.2) is 0 Å². The van der Waals surface area contributed by atoms with Crippen LogP contribution in [0.4, 0.5) is 0 Å². The molecule has 0 aromatic heterocycles. The zero-order valence-corrected chi connectivity index (χ0v) is 28.5. The molecule has 11 heteroatoms. The van der Waals surface area contributed by atoms with Gasteiger partial charge in [0, 0.05) is 25.7 Å². The number of carbonyl (C=O) groups excluding carboxylic acids is 3. The first kappa shape index (κ1) is 34.8. The summed E-state index contributed by atoms with van der Waals surface area (Å²) >= 11 is 0. The molecule has 3 bridgehead atoms. The molecule has 0 saturated carbocycles. The standard InChI is InChI=1S/C33H53NO10/c1-13-25-31(9)15-17(2)33(43-31)18(3)16-32(10,44-33)28(20(5)26(39-22(7)35)21(6)29(37)41-25)42-30-27(40-23(8)36)24(34(11)12)14-19(4)38-30/h15,18-21,24-28,30H,13-14,16H2,1-12H3. The van der Waals surface area contributed by atoms with Crippen LogP contribution in [0.1, 0.15) is 88.5 Å². The summed E-state index contributed by atoms with van der Waals surface area (Å²) in [6.45, 7) is 18.1. The van der Waals surface area contributed by atoms with E-state index in [9.17, 15) is 14.4 Å². The molecule has 3 saturated heterocycles. The number of esters is 3. The molecule has 4 aliphatic heterocycles. The largest absolute Gasteiger partial charge is 0.461 e. The first-order valence-corrected chi connectivity index (χ1v) is 16.0. The van der Waals surface area contributed by atoms with Crippen molar-refractivity contribution in [3.63, 3.8) is 0 Å². The third kappa shape index (κ3) is 6.32. The van der Waals surface area contributed by atoms with Crippen LogP contribution >= 0.6 is 0 Å². The summed E-state index contributed by atoms with van der Waals surface area (Å²) in [5.41, 5.74) is -1.03. The Morgan fingerprint density at radius 3 is 2.20 bits per heavy atom. The number of hydrogen-bond donors (Lipinski definition) is 0. The third-order valence-corrected chi connectivity index (χ3v) is 10.0. The second-order valence-corrected chi connectivity index (χ2v) is 14.1. The van der Waals surface area contributed by atoms with E-state index in [0.29, 0.717) is 19.3 Å². The van der Waals surface area contributed by atoms with E-state index < -0.39 is 77.4 Å². The summed E-state index contributed by atoms with van der Waals surface area (Å²) in [6, 6.07) is -0.176. The summed E-state index contributed by atoms with van der Waals surface area (Å²) in [6.07, 6.45) is -0.489. The molecule has 44 heavy (non-hydrogen) atoms. The van der Waals surface area contributed by atoms with Crippen molar-refractivity contribution in [3.8, 4) is 0 Å². The Labute approximate surface area is 262 Å². The summed E-state index contributed by atoms with van der Waals surface area (Å²) in [5, 5.41) is 0. The Kier molecular flexibility index (Phi) is 9.99. The van der Waals surface area contributed by atoms with Crippen molar-refractivity contribution < 1.29 is 47.5 Å². The summed E-state index contributed by atoms with van der Waals surface area (Å²) < 4.78 is 45.0. The zero-order valence-electron chi connectivity index (χ0n) is 28.5. The van der Waals surface area contributed by atoms with Gasteiger partial charge in [0.1, 0.15) is 17.8 Å². The SMILES string of the molecule is CCC1OC(=O)C(C)C(OC(C)=O)C(C)C(OC2OC(C)CC(N(C)C)C2OC(C)=O)C2(C)CC(C)C3(OC1(C)C=C3C)O2. The Morgan fingerprint density at radius 2 is 1.64 bits per heavy atom. The molecule has 4 heterocycles. The fraction of sp³-hybridized carbons (Fsp3) is 0.848. The van der Waals surface area contributed by atoms with Crippen molar-refractivity contribution in [1.82, 2.24) is 4.90 Å². The molecule has 4 aliphatic rings. The van der Waals surface area contributed by atoms with Crippen LogP contribution in [0, 0.1) is 17.8 Å². The van der Waals surface area contributed by atoms with E-state index in [2.05, 4.69) is 6.92 Å². The van der Waals surface area contributed by atoms with Gasteiger partial charge in [0.15, 0.2) is 18.2 Å². The molecule has 0 amide bonds. The topological polar surface area (TPSA) is 119 Å². The van der Waals surface area contributed by atoms with E-state index in [1.54, 1.807) is 6.92 Å². The third-order valence-electron chi connectivity index (χ3n) is 10.0. The number of hydrogen-bond acceptors (Lipinski definition) is 11. The summed E-state index contributed by atoms with van der Waals surface area (Å²) in [7, 11) is 3.86. The number of likely N-dealkylation sites (N-methyl/N-ethyl adjacent to an activating group) is 1. The molecule has 4 rings (SSSR count). The molecule has 0 radical (unpaired) electrons.